The van der Waals surface area contributed by atoms with Crippen LogP contribution in [0, 0.1) is 0 Å². The number of anilines is 1. The molecule has 0 aromatic heterocycles. The first kappa shape index (κ1) is 15.4. The van der Waals surface area contributed by atoms with Crippen LogP contribution in [0.4, 0.5) is 10.5 Å². The lowest BCUT2D eigenvalue weighted by Gasteiger charge is -2.40. The van der Waals surface area contributed by atoms with Crippen LogP contribution in [0.1, 0.15) is 28.1 Å². The number of nitrogens with zero attached hydrogens (tertiary/aromatic N) is 1. The number of para-hydroxylation sites is 1. The maximum Gasteiger partial charge on any atom is 0.409 e. The van der Waals surface area contributed by atoms with Gasteiger partial charge in [-0.05, 0) is 38.8 Å². The average Bonchev–Trinajstić information content (AvgIpc) is 2.49. The summed E-state index contributed by atoms with van der Waals surface area (Å²) in [5, 5.41) is 3.36. The number of rotatable bonds is 4. The molecule has 1 aromatic rings. The van der Waals surface area contributed by atoms with Gasteiger partial charge in [0.05, 0.1) is 12.1 Å². The molecule has 1 aliphatic rings. The van der Waals surface area contributed by atoms with Crippen molar-refractivity contribution in [1.82, 2.24) is 4.90 Å². The lowest BCUT2D eigenvalue weighted by molar-refractivity contribution is -0.122. The first-order valence-corrected chi connectivity index (χ1v) is 7.33. The fourth-order valence-electron chi connectivity index (χ4n) is 2.65. The average molecular weight is 292 g/mol. The number of piperidine rings is 1. The molecule has 2 rings (SSSR count). The molecule has 5 heteroatoms. The van der Waals surface area contributed by atoms with Crippen molar-refractivity contribution in [3.05, 3.63) is 30.3 Å². The molecule has 0 spiro atoms. The lowest BCUT2D eigenvalue weighted by Crippen LogP contribution is -2.54. The zero-order valence-electron chi connectivity index (χ0n) is 12.6. The Bertz CT molecular complexity index is 499. The minimum atomic E-state index is -0.593. The van der Waals surface area contributed by atoms with Gasteiger partial charge >= 0.3 is 6.09 Å². The number of carbonyl (C=O) groups excluding carboxylic acids is 2. The number of ketones is 1. The Labute approximate surface area is 126 Å². The van der Waals surface area contributed by atoms with Crippen LogP contribution in [-0.2, 0) is 9.53 Å². The number of nitrogens with one attached hydrogen (secondary N) is 1. The SMILES string of the molecule is CCOC(=O)N1CCC(Nc2ccccc2)(C(C)=O)CC1.[HH]. The number of amides is 1. The number of hydrogen-bond acceptors (Lipinski definition) is 4. The van der Waals surface area contributed by atoms with Crippen LogP contribution in [0.3, 0.4) is 0 Å². The van der Waals surface area contributed by atoms with Crippen LogP contribution in [0.15, 0.2) is 30.3 Å². The minimum absolute atomic E-state index is 0. The Morgan fingerprint density at radius 3 is 2.43 bits per heavy atom. The summed E-state index contributed by atoms with van der Waals surface area (Å²) in [5.41, 5.74) is 0.335. The highest BCUT2D eigenvalue weighted by Gasteiger charge is 2.40. The molecule has 0 atom stereocenters. The fraction of sp³-hybridized carbons (Fsp3) is 0.500. The molecule has 0 saturated carbocycles. The molecule has 116 valence electrons. The molecule has 1 N–H and O–H groups in total. The van der Waals surface area contributed by atoms with E-state index in [1.54, 1.807) is 18.7 Å². The van der Waals surface area contributed by atoms with Gasteiger partial charge in [-0.25, -0.2) is 4.79 Å². The molecule has 0 unspecified atom stereocenters. The van der Waals surface area contributed by atoms with E-state index in [0.29, 0.717) is 32.5 Å². The predicted molar refractivity (Wildman–Crippen MR) is 83.4 cm³/mol. The van der Waals surface area contributed by atoms with Crippen LogP contribution in [0.2, 0.25) is 0 Å². The van der Waals surface area contributed by atoms with Gasteiger partial charge in [-0.3, -0.25) is 4.79 Å². The zero-order valence-corrected chi connectivity index (χ0v) is 12.6. The van der Waals surface area contributed by atoms with Gasteiger partial charge in [0.25, 0.3) is 0 Å². The Hall–Kier alpha value is -2.04. The normalized spacial score (nSPS) is 17.1. The van der Waals surface area contributed by atoms with Crippen molar-refractivity contribution in [2.45, 2.75) is 32.2 Å². The standard InChI is InChI=1S/C16H22N2O3.H2/c1-3-21-15(20)18-11-9-16(10-12-18,13(2)19)17-14-7-5-4-6-8-14;/h4-8,17H,3,9-12H2,1-2H3;1H. The van der Waals surface area contributed by atoms with E-state index in [0.717, 1.165) is 5.69 Å². The van der Waals surface area contributed by atoms with Gasteiger partial charge in [0.1, 0.15) is 0 Å². The molecule has 1 aromatic carbocycles. The monoisotopic (exact) mass is 292 g/mol. The summed E-state index contributed by atoms with van der Waals surface area (Å²) in [5.74, 6) is 0.106. The van der Waals surface area contributed by atoms with E-state index >= 15 is 0 Å². The molecular weight excluding hydrogens is 268 g/mol. The highest BCUT2D eigenvalue weighted by Crippen LogP contribution is 2.28. The van der Waals surface area contributed by atoms with E-state index in [4.69, 9.17) is 4.74 Å². The Morgan fingerprint density at radius 1 is 1.29 bits per heavy atom. The van der Waals surface area contributed by atoms with E-state index in [2.05, 4.69) is 5.32 Å². The molecule has 0 radical (unpaired) electrons. The van der Waals surface area contributed by atoms with E-state index < -0.39 is 5.54 Å². The van der Waals surface area contributed by atoms with Crippen molar-refractivity contribution >= 4 is 17.6 Å². The van der Waals surface area contributed by atoms with Gasteiger partial charge in [0.15, 0.2) is 5.78 Å². The first-order chi connectivity index (χ1) is 10.1. The van der Waals surface area contributed by atoms with Crippen LogP contribution in [0.5, 0.6) is 0 Å². The number of Topliss-reactive ketones (excluding diaryl/α,β-unsaturated/α-hetero) is 1. The van der Waals surface area contributed by atoms with Crippen LogP contribution < -0.4 is 5.32 Å². The van der Waals surface area contributed by atoms with Crippen molar-refractivity contribution < 1.29 is 15.8 Å². The third-order valence-electron chi connectivity index (χ3n) is 3.97. The third-order valence-corrected chi connectivity index (χ3v) is 3.97. The molecule has 0 aliphatic carbocycles. The summed E-state index contributed by atoms with van der Waals surface area (Å²) in [6.45, 7) is 4.82. The fourth-order valence-corrected chi connectivity index (χ4v) is 2.65. The molecule has 5 nitrogen and oxygen atoms in total. The van der Waals surface area contributed by atoms with E-state index in [-0.39, 0.29) is 13.3 Å². The van der Waals surface area contributed by atoms with Crippen molar-refractivity contribution in [3.8, 4) is 0 Å². The maximum absolute atomic E-state index is 12.1. The van der Waals surface area contributed by atoms with Crippen LogP contribution >= 0.6 is 0 Å². The van der Waals surface area contributed by atoms with Gasteiger partial charge in [-0.2, -0.15) is 0 Å². The van der Waals surface area contributed by atoms with E-state index in [1.165, 1.54) is 0 Å². The van der Waals surface area contributed by atoms with Gasteiger partial charge in [0.2, 0.25) is 0 Å². The Kier molecular flexibility index (Phi) is 4.83. The highest BCUT2D eigenvalue weighted by molar-refractivity contribution is 5.89. The number of benzene rings is 1. The molecule has 1 amide bonds. The number of carbonyl (C=O) groups is 2. The van der Waals surface area contributed by atoms with Crippen molar-refractivity contribution in [1.29, 1.82) is 0 Å². The van der Waals surface area contributed by atoms with Crippen molar-refractivity contribution in [2.24, 2.45) is 0 Å². The second-order valence-corrected chi connectivity index (χ2v) is 5.32. The second-order valence-electron chi connectivity index (χ2n) is 5.32. The lowest BCUT2D eigenvalue weighted by atomic mass is 9.83. The molecular formula is C16H24N2O3. The summed E-state index contributed by atoms with van der Waals surface area (Å²) in [4.78, 5) is 25.5. The maximum atomic E-state index is 12.1. The summed E-state index contributed by atoms with van der Waals surface area (Å²) in [6.07, 6.45) is 0.890. The predicted octanol–water partition coefficient (Wildman–Crippen LogP) is 2.92. The quantitative estimate of drug-likeness (QED) is 0.927. The molecule has 1 heterocycles. The van der Waals surface area contributed by atoms with Gasteiger partial charge in [-0.1, -0.05) is 18.2 Å². The van der Waals surface area contributed by atoms with Crippen LogP contribution in [0.25, 0.3) is 0 Å². The van der Waals surface area contributed by atoms with Crippen LogP contribution in [-0.4, -0.2) is 42.0 Å². The largest absolute Gasteiger partial charge is 0.450 e. The van der Waals surface area contributed by atoms with Gasteiger partial charge in [0, 0.05) is 20.2 Å². The Balaban J connectivity index is 0.00000242. The minimum Gasteiger partial charge on any atom is -0.450 e. The molecule has 0 bridgehead atoms. The number of hydrogen-bond donors (Lipinski definition) is 1. The zero-order chi connectivity index (χ0) is 15.3. The van der Waals surface area contributed by atoms with Crippen molar-refractivity contribution in [3.63, 3.8) is 0 Å². The molecule has 1 saturated heterocycles. The number of likely N-dealkylation sites (tertiary alicyclic amines) is 1. The molecule has 21 heavy (non-hydrogen) atoms. The van der Waals surface area contributed by atoms with E-state index in [9.17, 15) is 9.59 Å². The molecule has 1 aliphatic heterocycles. The van der Waals surface area contributed by atoms with E-state index in [1.807, 2.05) is 30.3 Å². The smallest absolute Gasteiger partial charge is 0.409 e. The third kappa shape index (κ3) is 3.54. The topological polar surface area (TPSA) is 58.6 Å². The molecule has 1 fully saturated rings. The number of ether oxygens (including phenoxy) is 1. The van der Waals surface area contributed by atoms with Gasteiger partial charge in [-0.15, -0.1) is 0 Å². The first-order valence-electron chi connectivity index (χ1n) is 7.33. The summed E-state index contributed by atoms with van der Waals surface area (Å²) in [6, 6.07) is 9.70. The van der Waals surface area contributed by atoms with Gasteiger partial charge < -0.3 is 15.0 Å². The highest BCUT2D eigenvalue weighted by atomic mass is 16.6. The summed E-state index contributed by atoms with van der Waals surface area (Å²) >= 11 is 0. The van der Waals surface area contributed by atoms with Crippen molar-refractivity contribution in [2.75, 3.05) is 25.0 Å². The summed E-state index contributed by atoms with van der Waals surface area (Å²) < 4.78 is 5.01. The Morgan fingerprint density at radius 2 is 1.90 bits per heavy atom. The second kappa shape index (κ2) is 6.61. The summed E-state index contributed by atoms with van der Waals surface area (Å²) in [7, 11) is 0.